The Labute approximate surface area is 96.8 Å². The summed E-state index contributed by atoms with van der Waals surface area (Å²) >= 11 is 0. The molecule has 1 fully saturated rings. The van der Waals surface area contributed by atoms with Crippen molar-refractivity contribution in [3.8, 4) is 0 Å². The molecular weight excluding hydrogens is 202 g/mol. The van der Waals surface area contributed by atoms with Crippen LogP contribution in [0.2, 0.25) is 0 Å². The Morgan fingerprint density at radius 3 is 2.81 bits per heavy atom. The van der Waals surface area contributed by atoms with Crippen LogP contribution in [0.15, 0.2) is 4.52 Å². The predicted molar refractivity (Wildman–Crippen MR) is 62.3 cm³/mol. The van der Waals surface area contributed by atoms with Crippen molar-refractivity contribution in [3.63, 3.8) is 0 Å². The van der Waals surface area contributed by atoms with Crippen molar-refractivity contribution in [1.82, 2.24) is 15.5 Å². The lowest BCUT2D eigenvalue weighted by Gasteiger charge is -2.04. The smallest absolute Gasteiger partial charge is 0.227 e. The summed E-state index contributed by atoms with van der Waals surface area (Å²) in [6.07, 6.45) is 5.90. The first kappa shape index (κ1) is 11.6. The van der Waals surface area contributed by atoms with Crippen LogP contribution in [-0.4, -0.2) is 22.7 Å². The second-order valence-corrected chi connectivity index (χ2v) is 4.89. The van der Waals surface area contributed by atoms with Crippen molar-refractivity contribution < 1.29 is 4.52 Å². The van der Waals surface area contributed by atoms with Gasteiger partial charge in [0, 0.05) is 24.9 Å². The number of aromatic nitrogens is 2. The molecule has 1 N–H and O–H groups in total. The fourth-order valence-corrected chi connectivity index (χ4v) is 2.19. The molecule has 90 valence electrons. The molecule has 1 aliphatic carbocycles. The van der Waals surface area contributed by atoms with Crippen LogP contribution < -0.4 is 5.32 Å². The van der Waals surface area contributed by atoms with Crippen LogP contribution in [0.3, 0.4) is 0 Å². The molecule has 2 rings (SSSR count). The van der Waals surface area contributed by atoms with E-state index in [4.69, 9.17) is 4.52 Å². The number of hydrogen-bond donors (Lipinski definition) is 1. The van der Waals surface area contributed by atoms with Crippen molar-refractivity contribution in [2.24, 2.45) is 0 Å². The van der Waals surface area contributed by atoms with Crippen LogP contribution in [0, 0.1) is 0 Å². The Kier molecular flexibility index (Phi) is 3.93. The van der Waals surface area contributed by atoms with Gasteiger partial charge in [-0.15, -0.1) is 0 Å². The Bertz CT molecular complexity index is 316. The third-order valence-electron chi connectivity index (χ3n) is 3.10. The zero-order valence-corrected chi connectivity index (χ0v) is 10.2. The van der Waals surface area contributed by atoms with Crippen LogP contribution in [-0.2, 0) is 6.42 Å². The minimum atomic E-state index is 0.511. The van der Waals surface area contributed by atoms with Crippen LogP contribution >= 0.6 is 0 Å². The Morgan fingerprint density at radius 2 is 2.12 bits per heavy atom. The largest absolute Gasteiger partial charge is 0.339 e. The minimum absolute atomic E-state index is 0.511. The fraction of sp³-hybridized carbons (Fsp3) is 0.833. The maximum absolute atomic E-state index is 5.26. The molecule has 1 heterocycles. The standard InChI is InChI=1S/C12H21N3O/c1-9(2)13-8-7-11-14-12(15-16-11)10-5-3-4-6-10/h9-10,13H,3-8H2,1-2H3. The molecule has 0 saturated heterocycles. The lowest BCUT2D eigenvalue weighted by molar-refractivity contribution is 0.366. The highest BCUT2D eigenvalue weighted by Gasteiger charge is 2.21. The van der Waals surface area contributed by atoms with Crippen LogP contribution in [0.1, 0.15) is 57.2 Å². The summed E-state index contributed by atoms with van der Waals surface area (Å²) in [5.74, 6) is 2.25. The van der Waals surface area contributed by atoms with Gasteiger partial charge in [0.2, 0.25) is 5.89 Å². The van der Waals surface area contributed by atoms with E-state index in [1.165, 1.54) is 25.7 Å². The maximum Gasteiger partial charge on any atom is 0.227 e. The second-order valence-electron chi connectivity index (χ2n) is 4.89. The summed E-state index contributed by atoms with van der Waals surface area (Å²) < 4.78 is 5.26. The molecule has 1 saturated carbocycles. The average molecular weight is 223 g/mol. The Hall–Kier alpha value is -0.900. The van der Waals surface area contributed by atoms with E-state index in [0.29, 0.717) is 12.0 Å². The summed E-state index contributed by atoms with van der Waals surface area (Å²) in [7, 11) is 0. The number of rotatable bonds is 5. The lowest BCUT2D eigenvalue weighted by atomic mass is 10.1. The normalized spacial score (nSPS) is 17.4. The van der Waals surface area contributed by atoms with E-state index in [-0.39, 0.29) is 0 Å². The third kappa shape index (κ3) is 3.04. The first-order valence-corrected chi connectivity index (χ1v) is 6.31. The van der Waals surface area contributed by atoms with Gasteiger partial charge in [-0.1, -0.05) is 31.8 Å². The van der Waals surface area contributed by atoms with E-state index in [2.05, 4.69) is 29.3 Å². The lowest BCUT2D eigenvalue weighted by Crippen LogP contribution is -2.25. The van der Waals surface area contributed by atoms with E-state index in [9.17, 15) is 0 Å². The molecule has 16 heavy (non-hydrogen) atoms. The van der Waals surface area contributed by atoms with Crippen LogP contribution in [0.5, 0.6) is 0 Å². The highest BCUT2D eigenvalue weighted by atomic mass is 16.5. The molecule has 1 aliphatic rings. The summed E-state index contributed by atoms with van der Waals surface area (Å²) in [6, 6.07) is 0.511. The molecule has 0 aromatic carbocycles. The summed E-state index contributed by atoms with van der Waals surface area (Å²) in [4.78, 5) is 4.47. The van der Waals surface area contributed by atoms with Gasteiger partial charge >= 0.3 is 0 Å². The van der Waals surface area contributed by atoms with Crippen molar-refractivity contribution in [2.75, 3.05) is 6.54 Å². The summed E-state index contributed by atoms with van der Waals surface area (Å²) in [5.41, 5.74) is 0. The molecule has 0 aliphatic heterocycles. The molecule has 0 spiro atoms. The van der Waals surface area contributed by atoms with E-state index >= 15 is 0 Å². The molecule has 0 radical (unpaired) electrons. The second kappa shape index (κ2) is 5.43. The molecule has 1 aromatic heterocycles. The zero-order chi connectivity index (χ0) is 11.4. The highest BCUT2D eigenvalue weighted by Crippen LogP contribution is 2.32. The van der Waals surface area contributed by atoms with Gasteiger partial charge in [-0.25, -0.2) is 0 Å². The zero-order valence-electron chi connectivity index (χ0n) is 10.2. The molecule has 4 heteroatoms. The fourth-order valence-electron chi connectivity index (χ4n) is 2.19. The van der Waals surface area contributed by atoms with Crippen molar-refractivity contribution in [2.45, 2.75) is 57.9 Å². The average Bonchev–Trinajstić information content (AvgIpc) is 2.85. The van der Waals surface area contributed by atoms with E-state index < -0.39 is 0 Å². The van der Waals surface area contributed by atoms with Crippen molar-refractivity contribution >= 4 is 0 Å². The van der Waals surface area contributed by atoms with E-state index in [1.807, 2.05) is 0 Å². The molecule has 0 bridgehead atoms. The maximum atomic E-state index is 5.26. The van der Waals surface area contributed by atoms with E-state index in [0.717, 1.165) is 24.7 Å². The number of hydrogen-bond acceptors (Lipinski definition) is 4. The Balaban J connectivity index is 1.82. The van der Waals surface area contributed by atoms with Gasteiger partial charge in [-0.2, -0.15) is 4.98 Å². The third-order valence-corrected chi connectivity index (χ3v) is 3.10. The van der Waals surface area contributed by atoms with Crippen LogP contribution in [0.25, 0.3) is 0 Å². The van der Waals surface area contributed by atoms with Gasteiger partial charge in [0.25, 0.3) is 0 Å². The molecule has 4 nitrogen and oxygen atoms in total. The minimum Gasteiger partial charge on any atom is -0.339 e. The summed E-state index contributed by atoms with van der Waals surface area (Å²) in [5, 5.41) is 7.43. The topological polar surface area (TPSA) is 51.0 Å². The first-order valence-electron chi connectivity index (χ1n) is 6.31. The summed E-state index contributed by atoms with van der Waals surface area (Å²) in [6.45, 7) is 5.18. The molecule has 1 aromatic rings. The van der Waals surface area contributed by atoms with Gasteiger partial charge in [0.05, 0.1) is 0 Å². The highest BCUT2D eigenvalue weighted by molar-refractivity contribution is 4.98. The van der Waals surface area contributed by atoms with Crippen LogP contribution in [0.4, 0.5) is 0 Å². The quantitative estimate of drug-likeness (QED) is 0.832. The monoisotopic (exact) mass is 223 g/mol. The SMILES string of the molecule is CC(C)NCCc1nc(C2CCCC2)no1. The number of nitrogens with one attached hydrogen (secondary N) is 1. The van der Waals surface area contributed by atoms with Crippen molar-refractivity contribution in [1.29, 1.82) is 0 Å². The molecular formula is C12H21N3O. The van der Waals surface area contributed by atoms with Gasteiger partial charge in [0.15, 0.2) is 5.82 Å². The van der Waals surface area contributed by atoms with E-state index in [1.54, 1.807) is 0 Å². The van der Waals surface area contributed by atoms with Gasteiger partial charge in [-0.3, -0.25) is 0 Å². The van der Waals surface area contributed by atoms with Gasteiger partial charge < -0.3 is 9.84 Å². The first-order chi connectivity index (χ1) is 7.75. The molecule has 0 unspecified atom stereocenters. The van der Waals surface area contributed by atoms with Gasteiger partial charge in [0.1, 0.15) is 0 Å². The molecule has 0 atom stereocenters. The van der Waals surface area contributed by atoms with Crippen molar-refractivity contribution in [3.05, 3.63) is 11.7 Å². The molecule has 0 amide bonds. The predicted octanol–water partition coefficient (Wildman–Crippen LogP) is 2.27. The van der Waals surface area contributed by atoms with Gasteiger partial charge in [-0.05, 0) is 12.8 Å². The number of nitrogens with zero attached hydrogens (tertiary/aromatic N) is 2. The Morgan fingerprint density at radius 1 is 1.38 bits per heavy atom.